The third-order valence-electron chi connectivity index (χ3n) is 4.96. The second-order valence-electron chi connectivity index (χ2n) is 6.13. The zero-order chi connectivity index (χ0) is 16.6. The predicted octanol–water partition coefficient (Wildman–Crippen LogP) is 4.67. The number of benzene rings is 2. The minimum Gasteiger partial charge on any atom is -0.493 e. The van der Waals surface area contributed by atoms with Gasteiger partial charge >= 0.3 is 0 Å². The Kier molecular flexibility index (Phi) is 4.54. The maximum atomic E-state index is 12.9. The normalized spacial score (nSPS) is 26.1. The predicted molar refractivity (Wildman–Crippen MR) is 91.7 cm³/mol. The van der Waals surface area contributed by atoms with Crippen LogP contribution in [0.4, 0.5) is 4.39 Å². The standard InChI is InChI=1S/C18H18Cl2FNO/c1-18(11-2-7-16(19)17(20)8-11)14(9-22)15(18)10-23-13-5-3-12(21)4-6-13/h2-8,14-15H,9-10,22H2,1H3/t14-,15-,18+/m0/s1. The van der Waals surface area contributed by atoms with Crippen LogP contribution in [0.15, 0.2) is 42.5 Å². The molecule has 1 aliphatic carbocycles. The van der Waals surface area contributed by atoms with Gasteiger partial charge in [0.1, 0.15) is 11.6 Å². The number of nitrogens with two attached hydrogens (primary N) is 1. The highest BCUT2D eigenvalue weighted by Gasteiger charge is 2.61. The fourth-order valence-electron chi connectivity index (χ4n) is 3.37. The summed E-state index contributed by atoms with van der Waals surface area (Å²) < 4.78 is 18.7. The van der Waals surface area contributed by atoms with Gasteiger partial charge in [0.2, 0.25) is 0 Å². The molecule has 1 aliphatic rings. The molecule has 2 nitrogen and oxygen atoms in total. The smallest absolute Gasteiger partial charge is 0.123 e. The van der Waals surface area contributed by atoms with Crippen LogP contribution in [0.1, 0.15) is 12.5 Å². The molecule has 1 fully saturated rings. The van der Waals surface area contributed by atoms with Gasteiger partial charge in [0.05, 0.1) is 16.7 Å². The minimum atomic E-state index is -0.274. The molecule has 0 unspecified atom stereocenters. The molecular weight excluding hydrogens is 336 g/mol. The summed E-state index contributed by atoms with van der Waals surface area (Å²) in [7, 11) is 0. The number of ether oxygens (including phenoxy) is 1. The van der Waals surface area contributed by atoms with Crippen molar-refractivity contribution in [2.24, 2.45) is 17.6 Å². The van der Waals surface area contributed by atoms with Gasteiger partial charge in [-0.3, -0.25) is 0 Å². The van der Waals surface area contributed by atoms with E-state index >= 15 is 0 Å². The summed E-state index contributed by atoms with van der Waals surface area (Å²) in [6, 6.07) is 11.8. The lowest BCUT2D eigenvalue weighted by Crippen LogP contribution is -2.12. The molecule has 0 saturated heterocycles. The average molecular weight is 354 g/mol. The summed E-state index contributed by atoms with van der Waals surface area (Å²) >= 11 is 12.1. The first-order valence-electron chi connectivity index (χ1n) is 7.50. The van der Waals surface area contributed by atoms with Gasteiger partial charge in [-0.05, 0) is 54.4 Å². The number of hydrogen-bond acceptors (Lipinski definition) is 2. The molecule has 0 radical (unpaired) electrons. The summed E-state index contributed by atoms with van der Waals surface area (Å²) in [6.45, 7) is 3.28. The van der Waals surface area contributed by atoms with Crippen LogP contribution in [-0.4, -0.2) is 13.2 Å². The summed E-state index contributed by atoms with van der Waals surface area (Å²) in [4.78, 5) is 0. The first-order valence-corrected chi connectivity index (χ1v) is 8.26. The maximum Gasteiger partial charge on any atom is 0.123 e. The zero-order valence-electron chi connectivity index (χ0n) is 12.7. The fraction of sp³-hybridized carbons (Fsp3) is 0.333. The highest BCUT2D eigenvalue weighted by molar-refractivity contribution is 6.42. The Hall–Kier alpha value is -1.29. The lowest BCUT2D eigenvalue weighted by Gasteiger charge is -2.14. The highest BCUT2D eigenvalue weighted by Crippen LogP contribution is 2.59. The van der Waals surface area contributed by atoms with Crippen molar-refractivity contribution in [1.29, 1.82) is 0 Å². The largest absolute Gasteiger partial charge is 0.493 e. The molecule has 0 amide bonds. The van der Waals surface area contributed by atoms with E-state index in [0.29, 0.717) is 34.9 Å². The van der Waals surface area contributed by atoms with Crippen LogP contribution in [-0.2, 0) is 5.41 Å². The third kappa shape index (κ3) is 3.06. The molecule has 5 heteroatoms. The molecule has 0 spiro atoms. The molecule has 3 atom stereocenters. The number of rotatable bonds is 5. The van der Waals surface area contributed by atoms with Crippen LogP contribution < -0.4 is 10.5 Å². The molecule has 0 aliphatic heterocycles. The average Bonchev–Trinajstić information content (AvgIpc) is 3.14. The van der Waals surface area contributed by atoms with E-state index in [4.69, 9.17) is 33.7 Å². The SMILES string of the molecule is C[C@@]1(c2ccc(Cl)c(Cl)c2)[C@@H](CN)[C@@H]1COc1ccc(F)cc1. The topological polar surface area (TPSA) is 35.2 Å². The Morgan fingerprint density at radius 3 is 2.39 bits per heavy atom. The van der Waals surface area contributed by atoms with Crippen molar-refractivity contribution in [3.8, 4) is 5.75 Å². The first kappa shape index (κ1) is 16.6. The van der Waals surface area contributed by atoms with Gasteiger partial charge in [0.15, 0.2) is 0 Å². The molecule has 3 rings (SSSR count). The van der Waals surface area contributed by atoms with Crippen molar-refractivity contribution in [2.75, 3.05) is 13.2 Å². The van der Waals surface area contributed by atoms with E-state index in [9.17, 15) is 4.39 Å². The van der Waals surface area contributed by atoms with Gasteiger partial charge in [0, 0.05) is 11.3 Å². The number of halogens is 3. The molecule has 122 valence electrons. The van der Waals surface area contributed by atoms with E-state index in [1.54, 1.807) is 12.1 Å². The molecule has 0 bridgehead atoms. The Bertz CT molecular complexity index is 707. The second kappa shape index (κ2) is 6.31. The van der Waals surface area contributed by atoms with Crippen molar-refractivity contribution in [2.45, 2.75) is 12.3 Å². The van der Waals surface area contributed by atoms with Gasteiger partial charge in [-0.2, -0.15) is 0 Å². The molecular formula is C18H18Cl2FNO. The number of hydrogen-bond donors (Lipinski definition) is 1. The van der Waals surface area contributed by atoms with Crippen LogP contribution in [0.5, 0.6) is 5.75 Å². The summed E-state index contributed by atoms with van der Waals surface area (Å²) in [5.74, 6) is 0.991. The molecule has 1 saturated carbocycles. The van der Waals surface area contributed by atoms with Crippen molar-refractivity contribution >= 4 is 23.2 Å². The maximum absolute atomic E-state index is 12.9. The van der Waals surface area contributed by atoms with Gasteiger partial charge in [0.25, 0.3) is 0 Å². The Balaban J connectivity index is 1.74. The van der Waals surface area contributed by atoms with E-state index < -0.39 is 0 Å². The van der Waals surface area contributed by atoms with Gasteiger partial charge in [-0.1, -0.05) is 36.2 Å². The molecule has 0 heterocycles. The van der Waals surface area contributed by atoms with Gasteiger partial charge in [-0.15, -0.1) is 0 Å². The van der Waals surface area contributed by atoms with Crippen LogP contribution in [0.3, 0.4) is 0 Å². The Morgan fingerprint density at radius 1 is 1.09 bits per heavy atom. The molecule has 2 N–H and O–H groups in total. The van der Waals surface area contributed by atoms with Crippen LogP contribution >= 0.6 is 23.2 Å². The lowest BCUT2D eigenvalue weighted by molar-refractivity contribution is 0.284. The second-order valence-corrected chi connectivity index (χ2v) is 6.94. The summed E-state index contributed by atoms with van der Waals surface area (Å²) in [5.41, 5.74) is 6.97. The molecule has 0 aromatic heterocycles. The zero-order valence-corrected chi connectivity index (χ0v) is 14.2. The van der Waals surface area contributed by atoms with E-state index in [1.165, 1.54) is 12.1 Å². The van der Waals surface area contributed by atoms with Crippen LogP contribution in [0.2, 0.25) is 10.0 Å². The highest BCUT2D eigenvalue weighted by atomic mass is 35.5. The van der Waals surface area contributed by atoms with Crippen molar-refractivity contribution in [3.05, 3.63) is 63.9 Å². The molecule has 2 aromatic carbocycles. The minimum absolute atomic E-state index is 0.0803. The fourth-order valence-corrected chi connectivity index (χ4v) is 3.67. The van der Waals surface area contributed by atoms with E-state index in [0.717, 1.165) is 5.56 Å². The molecule has 23 heavy (non-hydrogen) atoms. The Morgan fingerprint density at radius 2 is 1.78 bits per heavy atom. The molecule has 2 aromatic rings. The van der Waals surface area contributed by atoms with Crippen molar-refractivity contribution < 1.29 is 9.13 Å². The quantitative estimate of drug-likeness (QED) is 0.847. The van der Waals surface area contributed by atoms with Crippen molar-refractivity contribution in [3.63, 3.8) is 0 Å². The van der Waals surface area contributed by atoms with Crippen molar-refractivity contribution in [1.82, 2.24) is 0 Å². The van der Waals surface area contributed by atoms with E-state index in [-0.39, 0.29) is 17.2 Å². The van der Waals surface area contributed by atoms with Gasteiger partial charge in [-0.25, -0.2) is 4.39 Å². The third-order valence-corrected chi connectivity index (χ3v) is 5.69. The van der Waals surface area contributed by atoms with E-state index in [2.05, 4.69) is 6.92 Å². The lowest BCUT2D eigenvalue weighted by atomic mass is 9.94. The first-order chi connectivity index (χ1) is 11.0. The summed E-state index contributed by atoms with van der Waals surface area (Å²) in [6.07, 6.45) is 0. The van der Waals surface area contributed by atoms with E-state index in [1.807, 2.05) is 18.2 Å². The van der Waals surface area contributed by atoms with Crippen LogP contribution in [0.25, 0.3) is 0 Å². The Labute approximate surface area is 145 Å². The van der Waals surface area contributed by atoms with Crippen LogP contribution in [0, 0.1) is 17.7 Å². The van der Waals surface area contributed by atoms with Gasteiger partial charge < -0.3 is 10.5 Å². The summed E-state index contributed by atoms with van der Waals surface area (Å²) in [5, 5.41) is 1.09. The monoisotopic (exact) mass is 353 g/mol.